The first-order chi connectivity index (χ1) is 12.7. The lowest BCUT2D eigenvalue weighted by Gasteiger charge is -2.30. The molecule has 0 unspecified atom stereocenters. The summed E-state index contributed by atoms with van der Waals surface area (Å²) < 4.78 is 28.1. The van der Waals surface area contributed by atoms with Crippen molar-refractivity contribution in [2.75, 3.05) is 26.2 Å². The molecule has 0 aliphatic carbocycles. The van der Waals surface area contributed by atoms with Crippen LogP contribution < -0.4 is 0 Å². The second-order valence-corrected chi connectivity index (χ2v) is 9.70. The molecule has 2 rings (SSSR count). The number of amides is 1. The molecule has 1 aliphatic heterocycles. The van der Waals surface area contributed by atoms with Crippen molar-refractivity contribution in [3.05, 3.63) is 28.8 Å². The fourth-order valence-electron chi connectivity index (χ4n) is 3.62. The van der Waals surface area contributed by atoms with Crippen LogP contribution in [0.25, 0.3) is 0 Å². The van der Waals surface area contributed by atoms with E-state index in [4.69, 9.17) is 0 Å². The van der Waals surface area contributed by atoms with E-state index >= 15 is 0 Å². The SMILES string of the molecule is CCCN(CCC)C(=O)c1cc(C)c(C)c(S(=O)(=O)N2CCC(C)CC2)c1. The van der Waals surface area contributed by atoms with E-state index in [0.717, 1.165) is 36.8 Å². The number of carbonyl (C=O) groups excluding carboxylic acids is 1. The van der Waals surface area contributed by atoms with Gasteiger partial charge in [-0.05, 0) is 68.7 Å². The number of hydrogen-bond acceptors (Lipinski definition) is 3. The molecule has 27 heavy (non-hydrogen) atoms. The predicted molar refractivity (Wildman–Crippen MR) is 110 cm³/mol. The van der Waals surface area contributed by atoms with Crippen molar-refractivity contribution in [1.82, 2.24) is 9.21 Å². The Kier molecular flexibility index (Phi) is 7.46. The minimum Gasteiger partial charge on any atom is -0.339 e. The lowest BCUT2D eigenvalue weighted by atomic mass is 10.0. The van der Waals surface area contributed by atoms with Crippen LogP contribution in [-0.4, -0.2) is 49.7 Å². The highest BCUT2D eigenvalue weighted by molar-refractivity contribution is 7.89. The van der Waals surface area contributed by atoms with Gasteiger partial charge in [0.15, 0.2) is 0 Å². The van der Waals surface area contributed by atoms with Gasteiger partial charge in [0.05, 0.1) is 4.90 Å². The Balaban J connectivity index is 2.42. The maximum Gasteiger partial charge on any atom is 0.253 e. The zero-order valence-corrected chi connectivity index (χ0v) is 18.2. The predicted octanol–water partition coefficient (Wildman–Crippen LogP) is 3.99. The molecule has 1 heterocycles. The van der Waals surface area contributed by atoms with Gasteiger partial charge < -0.3 is 4.90 Å². The van der Waals surface area contributed by atoms with Crippen LogP contribution in [-0.2, 0) is 10.0 Å². The molecule has 0 bridgehead atoms. The quantitative estimate of drug-likeness (QED) is 0.703. The molecule has 1 amide bonds. The largest absolute Gasteiger partial charge is 0.339 e. The van der Waals surface area contributed by atoms with E-state index in [9.17, 15) is 13.2 Å². The van der Waals surface area contributed by atoms with Gasteiger partial charge in [0, 0.05) is 31.7 Å². The third kappa shape index (κ3) is 4.91. The number of carbonyl (C=O) groups is 1. The van der Waals surface area contributed by atoms with Crippen LogP contribution in [0.2, 0.25) is 0 Å². The lowest BCUT2D eigenvalue weighted by Crippen LogP contribution is -2.38. The maximum absolute atomic E-state index is 13.3. The van der Waals surface area contributed by atoms with Gasteiger partial charge in [0.2, 0.25) is 10.0 Å². The fourth-order valence-corrected chi connectivity index (χ4v) is 5.41. The Hall–Kier alpha value is -1.40. The summed E-state index contributed by atoms with van der Waals surface area (Å²) in [7, 11) is -3.58. The van der Waals surface area contributed by atoms with E-state index in [1.807, 2.05) is 38.7 Å². The van der Waals surface area contributed by atoms with Gasteiger partial charge in [-0.1, -0.05) is 20.8 Å². The summed E-state index contributed by atoms with van der Waals surface area (Å²) in [4.78, 5) is 15.1. The Labute approximate surface area is 164 Å². The zero-order chi connectivity index (χ0) is 20.2. The molecule has 5 nitrogen and oxygen atoms in total. The molecule has 1 aliphatic rings. The number of aryl methyl sites for hydroxylation is 1. The fraction of sp³-hybridized carbons (Fsp3) is 0.667. The first kappa shape index (κ1) is 21.9. The summed E-state index contributed by atoms with van der Waals surface area (Å²) in [5, 5.41) is 0. The lowest BCUT2D eigenvalue weighted by molar-refractivity contribution is 0.0755. The summed E-state index contributed by atoms with van der Waals surface area (Å²) in [5.74, 6) is 0.481. The molecular formula is C21H34N2O3S. The molecule has 1 fully saturated rings. The van der Waals surface area contributed by atoms with Gasteiger partial charge in [0.1, 0.15) is 0 Å². The molecule has 0 radical (unpaired) electrons. The summed E-state index contributed by atoms with van der Waals surface area (Å²) in [5.41, 5.74) is 2.06. The molecule has 1 saturated heterocycles. The smallest absolute Gasteiger partial charge is 0.253 e. The van der Waals surface area contributed by atoms with Crippen LogP contribution in [0, 0.1) is 19.8 Å². The van der Waals surface area contributed by atoms with Crippen molar-refractivity contribution in [2.45, 2.75) is 65.2 Å². The standard InChI is InChI=1S/C21H34N2O3S/c1-6-10-22(11-7-2)21(24)19-14-17(4)18(5)20(15-19)27(25,26)23-12-8-16(3)9-13-23/h14-16H,6-13H2,1-5H3. The zero-order valence-electron chi connectivity index (χ0n) is 17.4. The number of nitrogens with zero attached hydrogens (tertiary/aromatic N) is 2. The van der Waals surface area contributed by atoms with Gasteiger partial charge in [0.25, 0.3) is 5.91 Å². The molecule has 152 valence electrons. The monoisotopic (exact) mass is 394 g/mol. The van der Waals surface area contributed by atoms with Crippen LogP contribution >= 0.6 is 0 Å². The van der Waals surface area contributed by atoms with Crippen molar-refractivity contribution in [3.63, 3.8) is 0 Å². The van der Waals surface area contributed by atoms with Crippen LogP contribution in [0.5, 0.6) is 0 Å². The molecule has 0 saturated carbocycles. The van der Waals surface area contributed by atoms with Crippen molar-refractivity contribution in [3.8, 4) is 0 Å². The van der Waals surface area contributed by atoms with E-state index in [-0.39, 0.29) is 10.8 Å². The number of hydrogen-bond donors (Lipinski definition) is 0. The normalized spacial score (nSPS) is 16.5. The van der Waals surface area contributed by atoms with Crippen molar-refractivity contribution >= 4 is 15.9 Å². The van der Waals surface area contributed by atoms with E-state index in [0.29, 0.717) is 37.7 Å². The van der Waals surface area contributed by atoms with Gasteiger partial charge in [-0.2, -0.15) is 4.31 Å². The van der Waals surface area contributed by atoms with Gasteiger partial charge in [-0.3, -0.25) is 4.79 Å². The Morgan fingerprint density at radius 1 is 1.11 bits per heavy atom. The molecule has 0 spiro atoms. The van der Waals surface area contributed by atoms with E-state index < -0.39 is 10.0 Å². The van der Waals surface area contributed by atoms with Crippen LogP contribution in [0.15, 0.2) is 17.0 Å². The highest BCUT2D eigenvalue weighted by atomic mass is 32.2. The summed E-state index contributed by atoms with van der Waals surface area (Å²) >= 11 is 0. The molecule has 0 atom stereocenters. The van der Waals surface area contributed by atoms with Gasteiger partial charge in [-0.15, -0.1) is 0 Å². The van der Waals surface area contributed by atoms with Gasteiger partial charge in [-0.25, -0.2) is 8.42 Å². The van der Waals surface area contributed by atoms with Crippen molar-refractivity contribution in [1.29, 1.82) is 0 Å². The summed E-state index contributed by atoms with van der Waals surface area (Å²) in [6.07, 6.45) is 3.54. The molecule has 1 aromatic rings. The third-order valence-corrected chi connectivity index (χ3v) is 7.53. The minimum atomic E-state index is -3.58. The second kappa shape index (κ2) is 9.20. The highest BCUT2D eigenvalue weighted by Gasteiger charge is 2.30. The summed E-state index contributed by atoms with van der Waals surface area (Å²) in [6, 6.07) is 3.42. The Morgan fingerprint density at radius 2 is 1.67 bits per heavy atom. The van der Waals surface area contributed by atoms with E-state index in [1.165, 1.54) is 0 Å². The molecule has 0 N–H and O–H groups in total. The first-order valence-electron chi connectivity index (χ1n) is 10.1. The Bertz CT molecular complexity index is 760. The average molecular weight is 395 g/mol. The number of piperidine rings is 1. The first-order valence-corrected chi connectivity index (χ1v) is 11.6. The maximum atomic E-state index is 13.3. The van der Waals surface area contributed by atoms with Crippen LogP contribution in [0.3, 0.4) is 0 Å². The Morgan fingerprint density at radius 3 is 2.19 bits per heavy atom. The average Bonchev–Trinajstić information content (AvgIpc) is 2.63. The molecular weight excluding hydrogens is 360 g/mol. The van der Waals surface area contributed by atoms with Crippen molar-refractivity contribution < 1.29 is 13.2 Å². The number of benzene rings is 1. The van der Waals surface area contributed by atoms with E-state index in [1.54, 1.807) is 10.4 Å². The topological polar surface area (TPSA) is 57.7 Å². The highest BCUT2D eigenvalue weighted by Crippen LogP contribution is 2.28. The third-order valence-electron chi connectivity index (χ3n) is 5.50. The molecule has 1 aromatic carbocycles. The number of sulfonamides is 1. The minimum absolute atomic E-state index is 0.0782. The molecule has 6 heteroatoms. The van der Waals surface area contributed by atoms with E-state index in [2.05, 4.69) is 6.92 Å². The number of rotatable bonds is 7. The molecule has 0 aromatic heterocycles. The van der Waals surface area contributed by atoms with Gasteiger partial charge >= 0.3 is 0 Å². The second-order valence-electron chi connectivity index (χ2n) is 7.80. The van der Waals surface area contributed by atoms with Crippen molar-refractivity contribution in [2.24, 2.45) is 5.92 Å². The summed E-state index contributed by atoms with van der Waals surface area (Å²) in [6.45, 7) is 12.4. The van der Waals surface area contributed by atoms with Crippen LogP contribution in [0.4, 0.5) is 0 Å². The van der Waals surface area contributed by atoms with Crippen LogP contribution in [0.1, 0.15) is 67.9 Å².